The second-order valence-electron chi connectivity index (χ2n) is 4.45. The van der Waals surface area contributed by atoms with E-state index in [4.69, 9.17) is 9.47 Å². The zero-order valence-corrected chi connectivity index (χ0v) is 11.0. The number of carbonyl (C=O) groups is 2. The van der Waals surface area contributed by atoms with Gasteiger partial charge in [-0.15, -0.1) is 0 Å². The van der Waals surface area contributed by atoms with Crippen molar-refractivity contribution in [3.05, 3.63) is 0 Å². The Morgan fingerprint density at radius 1 is 1.25 bits per heavy atom. The Balaban J connectivity index is 5.01. The van der Waals surface area contributed by atoms with Crippen molar-refractivity contribution in [1.82, 2.24) is 0 Å². The van der Waals surface area contributed by atoms with E-state index in [0.717, 1.165) is 0 Å². The summed E-state index contributed by atoms with van der Waals surface area (Å²) in [6.07, 6.45) is 0. The van der Waals surface area contributed by atoms with Crippen LogP contribution in [0.15, 0.2) is 0 Å². The van der Waals surface area contributed by atoms with Gasteiger partial charge in [-0.2, -0.15) is 0 Å². The molecular formula is C12H22O4. The first kappa shape index (κ1) is 14.9. The van der Waals surface area contributed by atoms with Gasteiger partial charge in [0, 0.05) is 12.8 Å². The van der Waals surface area contributed by atoms with E-state index in [9.17, 15) is 9.59 Å². The summed E-state index contributed by atoms with van der Waals surface area (Å²) in [6.45, 7) is 10.7. The minimum absolute atomic E-state index is 0.101. The van der Waals surface area contributed by atoms with E-state index in [-0.39, 0.29) is 18.4 Å². The Morgan fingerprint density at radius 3 is 2.06 bits per heavy atom. The van der Waals surface area contributed by atoms with Crippen molar-refractivity contribution < 1.29 is 19.1 Å². The van der Waals surface area contributed by atoms with Gasteiger partial charge in [0.25, 0.3) is 0 Å². The Labute approximate surface area is 97.3 Å². The van der Waals surface area contributed by atoms with Gasteiger partial charge in [0.05, 0.1) is 6.61 Å². The minimum atomic E-state index is -1.20. The summed E-state index contributed by atoms with van der Waals surface area (Å²) in [5.41, 5.74) is -1.20. The number of ether oxygens (including phenoxy) is 2. The van der Waals surface area contributed by atoms with Crippen LogP contribution >= 0.6 is 0 Å². The van der Waals surface area contributed by atoms with Crippen LogP contribution in [0.3, 0.4) is 0 Å². The molecule has 0 aliphatic carbocycles. The molecule has 0 aromatic rings. The first-order chi connectivity index (χ1) is 7.25. The average molecular weight is 230 g/mol. The fraction of sp³-hybridized carbons (Fsp3) is 0.833. The maximum atomic E-state index is 11.8. The molecule has 0 aliphatic heterocycles. The molecule has 0 amide bonds. The predicted molar refractivity (Wildman–Crippen MR) is 60.8 cm³/mol. The van der Waals surface area contributed by atoms with E-state index in [0.29, 0.717) is 0 Å². The molecule has 0 spiro atoms. The monoisotopic (exact) mass is 230 g/mol. The fourth-order valence-electron chi connectivity index (χ4n) is 1.53. The molecular weight excluding hydrogens is 208 g/mol. The van der Waals surface area contributed by atoms with Crippen LogP contribution in [0.5, 0.6) is 0 Å². The van der Waals surface area contributed by atoms with Gasteiger partial charge >= 0.3 is 11.9 Å². The summed E-state index contributed by atoms with van der Waals surface area (Å²) in [6, 6.07) is 0. The smallest absolute Gasteiger partial charge is 0.350 e. The highest BCUT2D eigenvalue weighted by molar-refractivity contribution is 5.82. The third kappa shape index (κ3) is 3.51. The van der Waals surface area contributed by atoms with Gasteiger partial charge in [0.15, 0.2) is 0 Å². The third-order valence-electron chi connectivity index (χ3n) is 2.91. The van der Waals surface area contributed by atoms with Crippen molar-refractivity contribution in [2.24, 2.45) is 11.8 Å². The van der Waals surface area contributed by atoms with Crippen LogP contribution in [0.2, 0.25) is 0 Å². The molecule has 0 N–H and O–H groups in total. The third-order valence-corrected chi connectivity index (χ3v) is 2.91. The lowest BCUT2D eigenvalue weighted by atomic mass is 9.82. The quantitative estimate of drug-likeness (QED) is 0.679. The molecule has 0 bridgehead atoms. The molecule has 0 saturated heterocycles. The zero-order valence-electron chi connectivity index (χ0n) is 11.0. The number of carbonyl (C=O) groups excluding carboxylic acids is 2. The molecule has 0 saturated carbocycles. The van der Waals surface area contributed by atoms with Crippen LogP contribution in [-0.2, 0) is 19.1 Å². The van der Waals surface area contributed by atoms with Crippen LogP contribution < -0.4 is 0 Å². The van der Waals surface area contributed by atoms with E-state index in [1.807, 2.05) is 20.8 Å². The van der Waals surface area contributed by atoms with E-state index < -0.39 is 17.5 Å². The van der Waals surface area contributed by atoms with E-state index >= 15 is 0 Å². The molecule has 0 fully saturated rings. The highest BCUT2D eigenvalue weighted by Gasteiger charge is 2.44. The van der Waals surface area contributed by atoms with Crippen LogP contribution in [0.25, 0.3) is 0 Å². The molecule has 4 heteroatoms. The van der Waals surface area contributed by atoms with E-state index in [1.54, 1.807) is 13.8 Å². The summed E-state index contributed by atoms with van der Waals surface area (Å²) in [5.74, 6) is -0.835. The van der Waals surface area contributed by atoms with Crippen molar-refractivity contribution in [1.29, 1.82) is 0 Å². The lowest BCUT2D eigenvalue weighted by Gasteiger charge is -2.34. The maximum absolute atomic E-state index is 11.8. The van der Waals surface area contributed by atoms with Crippen LogP contribution in [0, 0.1) is 11.8 Å². The zero-order chi connectivity index (χ0) is 12.9. The summed E-state index contributed by atoms with van der Waals surface area (Å²) in [5, 5.41) is 0. The lowest BCUT2D eigenvalue weighted by Crippen LogP contribution is -2.48. The highest BCUT2D eigenvalue weighted by Crippen LogP contribution is 2.29. The Bertz CT molecular complexity index is 260. The molecule has 0 rings (SSSR count). The second-order valence-corrected chi connectivity index (χ2v) is 4.45. The molecule has 0 aromatic carbocycles. The molecule has 0 heterocycles. The molecule has 0 aliphatic rings. The van der Waals surface area contributed by atoms with Crippen molar-refractivity contribution >= 4 is 11.9 Å². The molecule has 0 radical (unpaired) electrons. The number of esters is 2. The standard InChI is InChI=1S/C12H22O4/c1-7-15-11(14)12(6,16-10(5)13)9(4)8(2)3/h8-9H,7H2,1-6H3. The Kier molecular flexibility index (Phi) is 5.48. The summed E-state index contributed by atoms with van der Waals surface area (Å²) in [4.78, 5) is 22.9. The Morgan fingerprint density at radius 2 is 1.75 bits per heavy atom. The topological polar surface area (TPSA) is 52.6 Å². The largest absolute Gasteiger partial charge is 0.463 e. The van der Waals surface area contributed by atoms with Gasteiger partial charge < -0.3 is 9.47 Å². The van der Waals surface area contributed by atoms with Crippen LogP contribution in [0.4, 0.5) is 0 Å². The maximum Gasteiger partial charge on any atom is 0.350 e. The first-order valence-corrected chi connectivity index (χ1v) is 5.62. The van der Waals surface area contributed by atoms with Crippen molar-refractivity contribution in [3.8, 4) is 0 Å². The van der Waals surface area contributed by atoms with Gasteiger partial charge in [-0.05, 0) is 19.8 Å². The van der Waals surface area contributed by atoms with Crippen LogP contribution in [0.1, 0.15) is 41.5 Å². The summed E-state index contributed by atoms with van der Waals surface area (Å²) in [7, 11) is 0. The molecule has 2 atom stereocenters. The molecule has 0 aromatic heterocycles. The van der Waals surface area contributed by atoms with Crippen molar-refractivity contribution in [2.75, 3.05) is 6.61 Å². The van der Waals surface area contributed by atoms with Gasteiger partial charge in [0.2, 0.25) is 5.60 Å². The van der Waals surface area contributed by atoms with Gasteiger partial charge in [0.1, 0.15) is 0 Å². The average Bonchev–Trinajstić information content (AvgIpc) is 2.15. The minimum Gasteiger partial charge on any atom is -0.463 e. The fourth-order valence-corrected chi connectivity index (χ4v) is 1.53. The van der Waals surface area contributed by atoms with E-state index in [2.05, 4.69) is 0 Å². The van der Waals surface area contributed by atoms with Crippen molar-refractivity contribution in [3.63, 3.8) is 0 Å². The van der Waals surface area contributed by atoms with Crippen LogP contribution in [-0.4, -0.2) is 24.1 Å². The summed E-state index contributed by atoms with van der Waals surface area (Å²) < 4.78 is 10.1. The first-order valence-electron chi connectivity index (χ1n) is 5.62. The predicted octanol–water partition coefficient (Wildman–Crippen LogP) is 2.16. The van der Waals surface area contributed by atoms with E-state index in [1.165, 1.54) is 6.92 Å². The summed E-state index contributed by atoms with van der Waals surface area (Å²) >= 11 is 0. The van der Waals surface area contributed by atoms with Crippen molar-refractivity contribution in [2.45, 2.75) is 47.1 Å². The van der Waals surface area contributed by atoms with Gasteiger partial charge in [-0.25, -0.2) is 4.79 Å². The molecule has 16 heavy (non-hydrogen) atoms. The van der Waals surface area contributed by atoms with Gasteiger partial charge in [-0.3, -0.25) is 4.79 Å². The number of hydrogen-bond donors (Lipinski definition) is 0. The highest BCUT2D eigenvalue weighted by atomic mass is 16.6. The lowest BCUT2D eigenvalue weighted by molar-refractivity contribution is -0.187. The van der Waals surface area contributed by atoms with Gasteiger partial charge in [-0.1, -0.05) is 20.8 Å². The second kappa shape index (κ2) is 5.87. The molecule has 94 valence electrons. The number of hydrogen-bond acceptors (Lipinski definition) is 4. The SMILES string of the molecule is CCOC(=O)C(C)(OC(C)=O)C(C)C(C)C. The molecule has 4 nitrogen and oxygen atoms in total. The molecule has 2 unspecified atom stereocenters. The number of rotatable bonds is 5. The Hall–Kier alpha value is -1.06. The normalized spacial score (nSPS) is 16.4.